The van der Waals surface area contributed by atoms with Gasteiger partial charge < -0.3 is 5.73 Å². The van der Waals surface area contributed by atoms with Crippen molar-refractivity contribution in [1.29, 1.82) is 0 Å². The van der Waals surface area contributed by atoms with E-state index in [0.717, 1.165) is 5.57 Å². The average Bonchev–Trinajstić information content (AvgIpc) is 2.14. The Balaban J connectivity index is 2.72. The van der Waals surface area contributed by atoms with E-state index in [9.17, 15) is 9.59 Å². The van der Waals surface area contributed by atoms with Gasteiger partial charge in [0.2, 0.25) is 11.8 Å². The highest BCUT2D eigenvalue weighted by molar-refractivity contribution is 6.09. The minimum atomic E-state index is -0.474. The Labute approximate surface area is 88.4 Å². The van der Waals surface area contributed by atoms with Crippen LogP contribution in [-0.4, -0.2) is 17.6 Å². The van der Waals surface area contributed by atoms with Crippen molar-refractivity contribution in [3.05, 3.63) is 11.8 Å². The second kappa shape index (κ2) is 4.72. The lowest BCUT2D eigenvalue weighted by atomic mass is 9.97. The molecule has 0 aliphatic carbocycles. The molecule has 1 saturated heterocycles. The number of allylic oxidation sites excluding steroid dienone is 1. The van der Waals surface area contributed by atoms with Crippen molar-refractivity contribution in [2.45, 2.75) is 26.7 Å². The van der Waals surface area contributed by atoms with Gasteiger partial charge in [-0.05, 0) is 20.3 Å². The summed E-state index contributed by atoms with van der Waals surface area (Å²) in [4.78, 5) is 26.2. The Kier molecular flexibility index (Phi) is 3.60. The molecule has 0 aromatic carbocycles. The summed E-state index contributed by atoms with van der Waals surface area (Å²) in [5.74, 6) is -0.805. The lowest BCUT2D eigenvalue weighted by Gasteiger charge is -2.19. The van der Waals surface area contributed by atoms with Crippen molar-refractivity contribution in [2.24, 2.45) is 16.6 Å². The molecule has 82 valence electrons. The summed E-state index contributed by atoms with van der Waals surface area (Å²) in [5, 5.41) is 2.24. The lowest BCUT2D eigenvalue weighted by Crippen LogP contribution is -2.46. The highest BCUT2D eigenvalue weighted by Gasteiger charge is 2.29. The van der Waals surface area contributed by atoms with E-state index in [1.165, 1.54) is 0 Å². The van der Waals surface area contributed by atoms with Crippen molar-refractivity contribution in [2.75, 3.05) is 0 Å². The van der Waals surface area contributed by atoms with Crippen LogP contribution in [0.15, 0.2) is 16.8 Å². The van der Waals surface area contributed by atoms with E-state index in [1.54, 1.807) is 6.20 Å². The number of nitrogens with zero attached hydrogens (tertiary/aromatic N) is 1. The summed E-state index contributed by atoms with van der Waals surface area (Å²) >= 11 is 0. The largest absolute Gasteiger partial charge is 0.387 e. The number of nitrogens with two attached hydrogens (primary N) is 1. The fourth-order valence-corrected chi connectivity index (χ4v) is 1.27. The van der Waals surface area contributed by atoms with Crippen molar-refractivity contribution < 1.29 is 9.59 Å². The van der Waals surface area contributed by atoms with Gasteiger partial charge >= 0.3 is 0 Å². The Morgan fingerprint density at radius 1 is 1.53 bits per heavy atom. The van der Waals surface area contributed by atoms with Crippen LogP contribution in [0.2, 0.25) is 0 Å². The van der Waals surface area contributed by atoms with Crippen molar-refractivity contribution >= 4 is 17.6 Å². The minimum absolute atomic E-state index is 0.244. The van der Waals surface area contributed by atoms with E-state index in [0.29, 0.717) is 12.8 Å². The molecule has 0 bridgehead atoms. The highest BCUT2D eigenvalue weighted by Crippen LogP contribution is 2.12. The van der Waals surface area contributed by atoms with Gasteiger partial charge in [0, 0.05) is 12.6 Å². The Hall–Kier alpha value is -1.65. The van der Waals surface area contributed by atoms with Crippen LogP contribution in [0.25, 0.3) is 0 Å². The number of amides is 2. The third-order valence-electron chi connectivity index (χ3n) is 2.07. The van der Waals surface area contributed by atoms with Crippen LogP contribution in [0.4, 0.5) is 0 Å². The van der Waals surface area contributed by atoms with Gasteiger partial charge in [-0.2, -0.15) is 0 Å². The first-order valence-electron chi connectivity index (χ1n) is 4.81. The van der Waals surface area contributed by atoms with Gasteiger partial charge in [0.15, 0.2) is 0 Å². The van der Waals surface area contributed by atoms with Crippen LogP contribution in [0.5, 0.6) is 0 Å². The molecule has 1 unspecified atom stereocenters. The van der Waals surface area contributed by atoms with Crippen molar-refractivity contribution in [1.82, 2.24) is 5.32 Å². The minimum Gasteiger partial charge on any atom is -0.387 e. The van der Waals surface area contributed by atoms with Crippen LogP contribution in [-0.2, 0) is 9.59 Å². The normalized spacial score (nSPS) is 22.3. The topological polar surface area (TPSA) is 84.5 Å². The van der Waals surface area contributed by atoms with Gasteiger partial charge in [0.1, 0.15) is 5.84 Å². The number of hydrogen-bond donors (Lipinski definition) is 2. The molecule has 5 nitrogen and oxygen atoms in total. The first kappa shape index (κ1) is 11.4. The molecule has 5 heteroatoms. The third kappa shape index (κ3) is 3.19. The van der Waals surface area contributed by atoms with Crippen LogP contribution in [0, 0.1) is 5.92 Å². The van der Waals surface area contributed by atoms with Crippen LogP contribution in [0.1, 0.15) is 26.7 Å². The molecule has 15 heavy (non-hydrogen) atoms. The first-order chi connectivity index (χ1) is 7.00. The van der Waals surface area contributed by atoms with E-state index in [-0.39, 0.29) is 17.6 Å². The second-order valence-corrected chi connectivity index (χ2v) is 3.76. The molecule has 1 atom stereocenters. The Bertz CT molecular complexity index is 341. The molecule has 1 fully saturated rings. The summed E-state index contributed by atoms with van der Waals surface area (Å²) in [7, 11) is 0. The summed E-state index contributed by atoms with van der Waals surface area (Å²) in [6.07, 6.45) is 2.37. The summed E-state index contributed by atoms with van der Waals surface area (Å²) in [6.45, 7) is 3.78. The van der Waals surface area contributed by atoms with Crippen LogP contribution >= 0.6 is 0 Å². The fourth-order valence-electron chi connectivity index (χ4n) is 1.27. The van der Waals surface area contributed by atoms with Gasteiger partial charge in [0.05, 0.1) is 5.92 Å². The lowest BCUT2D eigenvalue weighted by molar-refractivity contribution is -0.134. The number of carbonyl (C=O) groups is 2. The average molecular weight is 209 g/mol. The number of hydrogen-bond acceptors (Lipinski definition) is 3. The molecular weight excluding hydrogens is 194 g/mol. The maximum Gasteiger partial charge on any atom is 0.237 e. The standard InChI is InChI=1S/C10H15N3O2/c1-6(2)5-12-9(11)7-3-4-8(14)13-10(7)15/h5,7H,3-4H2,1-2H3,(H2,11,12)(H,13,14,15). The van der Waals surface area contributed by atoms with Crippen molar-refractivity contribution in [3.63, 3.8) is 0 Å². The molecule has 0 saturated carbocycles. The summed E-state index contributed by atoms with van der Waals surface area (Å²) in [5.41, 5.74) is 6.67. The molecule has 3 N–H and O–H groups in total. The molecule has 1 heterocycles. The van der Waals surface area contributed by atoms with Crippen LogP contribution < -0.4 is 11.1 Å². The molecule has 1 aliphatic rings. The number of amidine groups is 1. The third-order valence-corrected chi connectivity index (χ3v) is 2.07. The van der Waals surface area contributed by atoms with Gasteiger partial charge in [0.25, 0.3) is 0 Å². The molecule has 1 aliphatic heterocycles. The molecule has 0 aromatic heterocycles. The predicted molar refractivity (Wildman–Crippen MR) is 56.9 cm³/mol. The summed E-state index contributed by atoms with van der Waals surface area (Å²) < 4.78 is 0. The fraction of sp³-hybridized carbons (Fsp3) is 0.500. The molecule has 0 aromatic rings. The van der Waals surface area contributed by atoms with E-state index >= 15 is 0 Å². The van der Waals surface area contributed by atoms with Gasteiger partial charge in [-0.15, -0.1) is 0 Å². The number of nitrogens with one attached hydrogen (secondary N) is 1. The maximum atomic E-state index is 11.4. The summed E-state index contributed by atoms with van der Waals surface area (Å²) in [6, 6.07) is 0. The molecule has 1 rings (SSSR count). The smallest absolute Gasteiger partial charge is 0.237 e. The molecule has 2 amide bonds. The number of carbonyl (C=O) groups excluding carboxylic acids is 2. The van der Waals surface area contributed by atoms with Gasteiger partial charge in [-0.25, -0.2) is 4.99 Å². The van der Waals surface area contributed by atoms with Crippen molar-refractivity contribution in [3.8, 4) is 0 Å². The number of rotatable bonds is 2. The van der Waals surface area contributed by atoms with E-state index < -0.39 is 5.92 Å². The molecular formula is C10H15N3O2. The zero-order chi connectivity index (χ0) is 11.4. The zero-order valence-electron chi connectivity index (χ0n) is 8.91. The Morgan fingerprint density at radius 2 is 2.20 bits per heavy atom. The van der Waals surface area contributed by atoms with Gasteiger partial charge in [-0.3, -0.25) is 14.9 Å². The number of imide groups is 1. The molecule has 0 spiro atoms. The SMILES string of the molecule is CC(C)=CN=C(N)C1CCC(=O)NC1=O. The monoisotopic (exact) mass is 209 g/mol. The van der Waals surface area contributed by atoms with E-state index in [2.05, 4.69) is 10.3 Å². The quantitative estimate of drug-likeness (QED) is 0.390. The predicted octanol–water partition coefficient (Wildman–Crippen LogP) is 0.320. The number of piperidine rings is 1. The highest BCUT2D eigenvalue weighted by atomic mass is 16.2. The maximum absolute atomic E-state index is 11.4. The molecule has 0 radical (unpaired) electrons. The van der Waals surface area contributed by atoms with Gasteiger partial charge in [-0.1, -0.05) is 5.57 Å². The first-order valence-corrected chi connectivity index (χ1v) is 4.81. The zero-order valence-corrected chi connectivity index (χ0v) is 8.91. The van der Waals surface area contributed by atoms with E-state index in [1.807, 2.05) is 13.8 Å². The second-order valence-electron chi connectivity index (χ2n) is 3.76. The van der Waals surface area contributed by atoms with E-state index in [4.69, 9.17) is 5.73 Å². The Morgan fingerprint density at radius 3 is 2.73 bits per heavy atom. The van der Waals surface area contributed by atoms with Crippen LogP contribution in [0.3, 0.4) is 0 Å². The number of aliphatic imine (C=N–C) groups is 1.